The van der Waals surface area contributed by atoms with Gasteiger partial charge in [-0.15, -0.1) is 0 Å². The van der Waals surface area contributed by atoms with Gasteiger partial charge in [-0.05, 0) is 49.4 Å². The van der Waals surface area contributed by atoms with Gasteiger partial charge < -0.3 is 20.5 Å². The summed E-state index contributed by atoms with van der Waals surface area (Å²) in [5.41, 5.74) is 3.12. The molecule has 0 saturated carbocycles. The maximum Gasteiger partial charge on any atom is 0.221 e. The number of ether oxygens (including phenoxy) is 1. The Morgan fingerprint density at radius 3 is 2.35 bits per heavy atom. The van der Waals surface area contributed by atoms with Gasteiger partial charge in [0.25, 0.3) is 0 Å². The standard InChI is InChI=1S/C28H43N3O5S/c1-5-15-31(16-6-2)37(34,35)17-14-28(33)30-26(19-23-12-10-22(3)11-13-23)27(32)21-29-20-24-8-7-9-25(18-24)36-4/h7-13,18,26-27,29,32H,5-6,14-17,19-21H2,1-4H3,(H,30,33)/t26-,27-/m1/s1. The normalized spacial score (nSPS) is 13.4. The van der Waals surface area contributed by atoms with E-state index in [9.17, 15) is 18.3 Å². The molecule has 0 unspecified atom stereocenters. The summed E-state index contributed by atoms with van der Waals surface area (Å²) in [6.45, 7) is 7.56. The molecule has 0 heterocycles. The minimum absolute atomic E-state index is 0.152. The van der Waals surface area contributed by atoms with Gasteiger partial charge in [0.2, 0.25) is 15.9 Å². The van der Waals surface area contributed by atoms with Gasteiger partial charge in [-0.2, -0.15) is 0 Å². The maximum absolute atomic E-state index is 12.8. The zero-order valence-corrected chi connectivity index (χ0v) is 23.4. The van der Waals surface area contributed by atoms with Crippen molar-refractivity contribution in [1.29, 1.82) is 0 Å². The van der Waals surface area contributed by atoms with Crippen molar-refractivity contribution in [2.75, 3.05) is 32.5 Å². The molecule has 0 aliphatic rings. The lowest BCUT2D eigenvalue weighted by Crippen LogP contribution is -2.49. The van der Waals surface area contributed by atoms with Crippen molar-refractivity contribution in [2.45, 2.75) is 65.1 Å². The van der Waals surface area contributed by atoms with Crippen LogP contribution in [0.3, 0.4) is 0 Å². The second-order valence-corrected chi connectivity index (χ2v) is 11.5. The number of carbonyl (C=O) groups excluding carboxylic acids is 1. The summed E-state index contributed by atoms with van der Waals surface area (Å²) in [7, 11) is -1.91. The molecule has 37 heavy (non-hydrogen) atoms. The second-order valence-electron chi connectivity index (χ2n) is 9.38. The van der Waals surface area contributed by atoms with E-state index in [2.05, 4.69) is 10.6 Å². The third-order valence-corrected chi connectivity index (χ3v) is 8.00. The Labute approximate surface area is 222 Å². The number of rotatable bonds is 17. The molecule has 3 N–H and O–H groups in total. The van der Waals surface area contributed by atoms with Crippen LogP contribution in [0.5, 0.6) is 5.75 Å². The first kappa shape index (κ1) is 30.8. The summed E-state index contributed by atoms with van der Waals surface area (Å²) in [6, 6.07) is 15.0. The molecule has 8 nitrogen and oxygen atoms in total. The molecule has 0 radical (unpaired) electrons. The number of hydrogen-bond acceptors (Lipinski definition) is 6. The van der Waals surface area contributed by atoms with Crippen LogP contribution in [-0.4, -0.2) is 68.4 Å². The van der Waals surface area contributed by atoms with Crippen molar-refractivity contribution in [3.05, 3.63) is 65.2 Å². The predicted octanol–water partition coefficient (Wildman–Crippen LogP) is 3.02. The Bertz CT molecular complexity index is 1050. The minimum atomic E-state index is -3.52. The molecule has 2 rings (SSSR count). The van der Waals surface area contributed by atoms with Crippen LogP contribution in [0.4, 0.5) is 0 Å². The number of hydrogen-bond donors (Lipinski definition) is 3. The van der Waals surface area contributed by atoms with Crippen LogP contribution in [0.2, 0.25) is 0 Å². The first-order valence-corrected chi connectivity index (χ1v) is 14.6. The van der Waals surface area contributed by atoms with Gasteiger partial charge >= 0.3 is 0 Å². The number of nitrogens with zero attached hydrogens (tertiary/aromatic N) is 1. The molecule has 9 heteroatoms. The van der Waals surface area contributed by atoms with E-state index in [4.69, 9.17) is 4.74 Å². The van der Waals surface area contributed by atoms with Gasteiger partial charge in [-0.1, -0.05) is 55.8 Å². The SMILES string of the molecule is CCCN(CCC)S(=O)(=O)CCC(=O)N[C@H](Cc1ccc(C)cc1)[C@H](O)CNCc1cccc(OC)c1. The highest BCUT2D eigenvalue weighted by molar-refractivity contribution is 7.89. The quantitative estimate of drug-likeness (QED) is 0.289. The largest absolute Gasteiger partial charge is 0.497 e. The van der Waals surface area contributed by atoms with Crippen LogP contribution in [0.25, 0.3) is 0 Å². The smallest absolute Gasteiger partial charge is 0.221 e. The highest BCUT2D eigenvalue weighted by Crippen LogP contribution is 2.13. The lowest BCUT2D eigenvalue weighted by Gasteiger charge is -2.25. The third-order valence-electron chi connectivity index (χ3n) is 6.13. The molecule has 206 valence electrons. The van der Waals surface area contributed by atoms with Gasteiger partial charge in [0.15, 0.2) is 0 Å². The molecule has 0 bridgehead atoms. The fraction of sp³-hybridized carbons (Fsp3) is 0.536. The average molecular weight is 534 g/mol. The molecule has 2 aromatic rings. The number of methoxy groups -OCH3 is 1. The monoisotopic (exact) mass is 533 g/mol. The van der Waals surface area contributed by atoms with Crippen LogP contribution in [0.15, 0.2) is 48.5 Å². The fourth-order valence-corrected chi connectivity index (χ4v) is 5.69. The molecule has 2 atom stereocenters. The van der Waals surface area contributed by atoms with E-state index in [-0.39, 0.29) is 24.6 Å². The lowest BCUT2D eigenvalue weighted by atomic mass is 10.00. The molecule has 0 aliphatic heterocycles. The molecular formula is C28H43N3O5S. The second kappa shape index (κ2) is 15.7. The summed E-state index contributed by atoms with van der Waals surface area (Å²) in [5, 5.41) is 17.1. The van der Waals surface area contributed by atoms with Crippen LogP contribution >= 0.6 is 0 Å². The Morgan fingerprint density at radius 2 is 1.73 bits per heavy atom. The highest BCUT2D eigenvalue weighted by Gasteiger charge is 2.25. The van der Waals surface area contributed by atoms with Crippen molar-refractivity contribution in [3.8, 4) is 5.75 Å². The molecule has 0 fully saturated rings. The van der Waals surface area contributed by atoms with Crippen LogP contribution in [-0.2, 0) is 27.8 Å². The van der Waals surface area contributed by atoms with Crippen molar-refractivity contribution in [1.82, 2.24) is 14.9 Å². The van der Waals surface area contributed by atoms with E-state index >= 15 is 0 Å². The Balaban J connectivity index is 2.02. The van der Waals surface area contributed by atoms with E-state index in [0.717, 1.165) is 35.3 Å². The molecule has 0 aliphatic carbocycles. The number of nitrogens with one attached hydrogen (secondary N) is 2. The van der Waals surface area contributed by atoms with E-state index in [0.29, 0.717) is 26.1 Å². The van der Waals surface area contributed by atoms with E-state index in [1.54, 1.807) is 7.11 Å². The van der Waals surface area contributed by atoms with Crippen LogP contribution < -0.4 is 15.4 Å². The zero-order valence-electron chi connectivity index (χ0n) is 22.6. The summed E-state index contributed by atoms with van der Waals surface area (Å²) in [5.74, 6) is 0.122. The Kier molecular flexibility index (Phi) is 13.1. The van der Waals surface area contributed by atoms with E-state index in [1.165, 1.54) is 4.31 Å². The van der Waals surface area contributed by atoms with Crippen molar-refractivity contribution < 1.29 is 23.1 Å². The van der Waals surface area contributed by atoms with E-state index < -0.39 is 22.2 Å². The molecule has 0 aromatic heterocycles. The van der Waals surface area contributed by atoms with Crippen LogP contribution in [0.1, 0.15) is 49.8 Å². The number of carbonyl (C=O) groups is 1. The number of aryl methyl sites for hydroxylation is 1. The predicted molar refractivity (Wildman–Crippen MR) is 148 cm³/mol. The number of sulfonamides is 1. The lowest BCUT2D eigenvalue weighted by molar-refractivity contribution is -0.122. The summed E-state index contributed by atoms with van der Waals surface area (Å²) >= 11 is 0. The van der Waals surface area contributed by atoms with Crippen molar-refractivity contribution in [3.63, 3.8) is 0 Å². The Morgan fingerprint density at radius 1 is 1.05 bits per heavy atom. The Hall–Kier alpha value is -2.46. The topological polar surface area (TPSA) is 108 Å². The highest BCUT2D eigenvalue weighted by atomic mass is 32.2. The number of benzene rings is 2. The first-order valence-electron chi connectivity index (χ1n) is 13.0. The van der Waals surface area contributed by atoms with Gasteiger partial charge in [-0.25, -0.2) is 12.7 Å². The first-order chi connectivity index (χ1) is 17.7. The summed E-state index contributed by atoms with van der Waals surface area (Å²) < 4.78 is 32.2. The molecule has 1 amide bonds. The van der Waals surface area contributed by atoms with Gasteiger partial charge in [0.05, 0.1) is 25.0 Å². The maximum atomic E-state index is 12.8. The molecule has 0 saturated heterocycles. The van der Waals surface area contributed by atoms with Gasteiger partial charge in [0.1, 0.15) is 5.75 Å². The van der Waals surface area contributed by atoms with Crippen molar-refractivity contribution >= 4 is 15.9 Å². The minimum Gasteiger partial charge on any atom is -0.497 e. The van der Waals surface area contributed by atoms with E-state index in [1.807, 2.05) is 69.3 Å². The molecule has 2 aromatic carbocycles. The number of aliphatic hydroxyl groups excluding tert-OH is 1. The molecular weight excluding hydrogens is 490 g/mol. The number of aliphatic hydroxyl groups is 1. The van der Waals surface area contributed by atoms with Crippen LogP contribution in [0, 0.1) is 6.92 Å². The fourth-order valence-electron chi connectivity index (χ4n) is 4.07. The zero-order chi connectivity index (χ0) is 27.3. The number of amides is 1. The van der Waals surface area contributed by atoms with Crippen molar-refractivity contribution in [2.24, 2.45) is 0 Å². The summed E-state index contributed by atoms with van der Waals surface area (Å²) in [4.78, 5) is 12.8. The van der Waals surface area contributed by atoms with Gasteiger partial charge in [-0.3, -0.25) is 4.79 Å². The third kappa shape index (κ3) is 10.8. The molecule has 0 spiro atoms. The summed E-state index contributed by atoms with van der Waals surface area (Å²) in [6.07, 6.45) is 0.848. The van der Waals surface area contributed by atoms with Gasteiger partial charge in [0, 0.05) is 32.6 Å². The average Bonchev–Trinajstić information content (AvgIpc) is 2.88.